The number of carbonyl (C=O) groups is 3. The Hall–Kier alpha value is -3.42. The van der Waals surface area contributed by atoms with Gasteiger partial charge in [-0.3, -0.25) is 25.2 Å². The number of benzene rings is 2. The summed E-state index contributed by atoms with van der Waals surface area (Å²) < 4.78 is 18.1. The summed E-state index contributed by atoms with van der Waals surface area (Å²) in [5, 5.41) is 2.72. The number of aryl methyl sites for hydroxylation is 1. The molecule has 0 aliphatic heterocycles. The van der Waals surface area contributed by atoms with Gasteiger partial charge in [-0.05, 0) is 55.2 Å². The van der Waals surface area contributed by atoms with Crippen molar-refractivity contribution in [2.45, 2.75) is 33.2 Å². The zero-order valence-corrected chi connectivity index (χ0v) is 17.2. The van der Waals surface area contributed by atoms with Gasteiger partial charge < -0.3 is 10.1 Å². The number of hydrazine groups is 1. The molecule has 0 aliphatic carbocycles. The lowest BCUT2D eigenvalue weighted by atomic mass is 10.0. The fraction of sp³-hybridized carbons (Fsp3) is 0.318. The molecule has 3 N–H and O–H groups in total. The number of hydrogen-bond donors (Lipinski definition) is 3. The van der Waals surface area contributed by atoms with E-state index in [0.717, 1.165) is 5.56 Å². The van der Waals surface area contributed by atoms with Gasteiger partial charge in [0.25, 0.3) is 17.7 Å². The monoisotopic (exact) mass is 415 g/mol. The molecule has 8 heteroatoms. The van der Waals surface area contributed by atoms with E-state index in [1.54, 1.807) is 12.1 Å². The van der Waals surface area contributed by atoms with E-state index in [1.165, 1.54) is 24.3 Å². The molecule has 0 radical (unpaired) electrons. The maximum atomic E-state index is 12.9. The predicted molar refractivity (Wildman–Crippen MR) is 110 cm³/mol. The van der Waals surface area contributed by atoms with Crippen molar-refractivity contribution in [1.82, 2.24) is 16.2 Å². The lowest BCUT2D eigenvalue weighted by molar-refractivity contribution is -0.131. The molecular formula is C22H26FN3O4. The Labute approximate surface area is 175 Å². The smallest absolute Gasteiger partial charge is 0.276 e. The van der Waals surface area contributed by atoms with E-state index in [9.17, 15) is 18.8 Å². The van der Waals surface area contributed by atoms with E-state index in [0.29, 0.717) is 17.7 Å². The van der Waals surface area contributed by atoms with Gasteiger partial charge in [-0.1, -0.05) is 32.0 Å². The molecule has 0 saturated carbocycles. The van der Waals surface area contributed by atoms with Crippen LogP contribution < -0.4 is 20.9 Å². The molecule has 0 unspecified atom stereocenters. The number of hydrogen-bond acceptors (Lipinski definition) is 4. The first-order chi connectivity index (χ1) is 14.3. The second kappa shape index (κ2) is 10.9. The fourth-order valence-corrected chi connectivity index (χ4v) is 2.70. The molecule has 0 bridgehead atoms. The quantitative estimate of drug-likeness (QED) is 0.577. The SMILES string of the molecule is Cc1ccccc1C(=O)N[C@H](CC(C)C)C(=O)NNC(=O)COc1ccc(F)cc1. The van der Waals surface area contributed by atoms with E-state index >= 15 is 0 Å². The van der Waals surface area contributed by atoms with Gasteiger partial charge in [0, 0.05) is 5.56 Å². The summed E-state index contributed by atoms with van der Waals surface area (Å²) in [6.07, 6.45) is 0.394. The van der Waals surface area contributed by atoms with Gasteiger partial charge >= 0.3 is 0 Å². The molecule has 0 heterocycles. The van der Waals surface area contributed by atoms with Crippen LogP contribution in [0.5, 0.6) is 5.75 Å². The molecule has 160 valence electrons. The Kier molecular flexibility index (Phi) is 8.34. The zero-order chi connectivity index (χ0) is 22.1. The molecule has 0 saturated heterocycles. The van der Waals surface area contributed by atoms with Crippen LogP contribution in [0.15, 0.2) is 48.5 Å². The van der Waals surface area contributed by atoms with Gasteiger partial charge in [0.15, 0.2) is 6.61 Å². The third kappa shape index (κ3) is 7.20. The summed E-state index contributed by atoms with van der Waals surface area (Å²) in [4.78, 5) is 37.0. The van der Waals surface area contributed by atoms with E-state index < -0.39 is 23.7 Å². The summed E-state index contributed by atoms with van der Waals surface area (Å²) in [6.45, 7) is 5.30. The Balaban J connectivity index is 1.89. The second-order valence-corrected chi connectivity index (χ2v) is 7.25. The van der Waals surface area contributed by atoms with E-state index in [1.807, 2.05) is 32.9 Å². The Morgan fingerprint density at radius 2 is 1.67 bits per heavy atom. The highest BCUT2D eigenvalue weighted by Crippen LogP contribution is 2.11. The van der Waals surface area contributed by atoms with Crippen LogP contribution >= 0.6 is 0 Å². The average Bonchev–Trinajstić information content (AvgIpc) is 2.71. The zero-order valence-electron chi connectivity index (χ0n) is 17.2. The number of nitrogens with one attached hydrogen (secondary N) is 3. The molecule has 0 spiro atoms. The maximum Gasteiger partial charge on any atom is 0.276 e. The van der Waals surface area contributed by atoms with Crippen molar-refractivity contribution < 1.29 is 23.5 Å². The van der Waals surface area contributed by atoms with Crippen molar-refractivity contribution in [2.24, 2.45) is 5.92 Å². The Morgan fingerprint density at radius 1 is 1.00 bits per heavy atom. The predicted octanol–water partition coefficient (Wildman–Crippen LogP) is 2.51. The highest BCUT2D eigenvalue weighted by atomic mass is 19.1. The lowest BCUT2D eigenvalue weighted by Gasteiger charge is -2.21. The Morgan fingerprint density at radius 3 is 2.30 bits per heavy atom. The van der Waals surface area contributed by atoms with Crippen LogP contribution in [0.4, 0.5) is 4.39 Å². The third-order valence-corrected chi connectivity index (χ3v) is 4.23. The van der Waals surface area contributed by atoms with Crippen LogP contribution in [0.25, 0.3) is 0 Å². The van der Waals surface area contributed by atoms with Crippen molar-refractivity contribution in [3.63, 3.8) is 0 Å². The molecule has 7 nitrogen and oxygen atoms in total. The van der Waals surface area contributed by atoms with Gasteiger partial charge in [-0.2, -0.15) is 0 Å². The van der Waals surface area contributed by atoms with Crippen molar-refractivity contribution >= 4 is 17.7 Å². The van der Waals surface area contributed by atoms with Crippen LogP contribution in [-0.4, -0.2) is 30.4 Å². The number of carbonyl (C=O) groups excluding carboxylic acids is 3. The van der Waals surface area contributed by atoms with Crippen LogP contribution in [0.2, 0.25) is 0 Å². The molecule has 2 aromatic rings. The van der Waals surface area contributed by atoms with Gasteiger partial charge in [0.1, 0.15) is 17.6 Å². The highest BCUT2D eigenvalue weighted by Gasteiger charge is 2.23. The third-order valence-electron chi connectivity index (χ3n) is 4.23. The van der Waals surface area contributed by atoms with Gasteiger partial charge in [0.05, 0.1) is 0 Å². The molecular weight excluding hydrogens is 389 g/mol. The highest BCUT2D eigenvalue weighted by molar-refractivity contribution is 5.98. The minimum atomic E-state index is -0.824. The minimum Gasteiger partial charge on any atom is -0.484 e. The molecule has 2 rings (SSSR count). The number of amides is 3. The second-order valence-electron chi connectivity index (χ2n) is 7.25. The van der Waals surface area contributed by atoms with E-state index in [-0.39, 0.29) is 18.4 Å². The maximum absolute atomic E-state index is 12.9. The van der Waals surface area contributed by atoms with Crippen LogP contribution in [-0.2, 0) is 9.59 Å². The average molecular weight is 415 g/mol. The lowest BCUT2D eigenvalue weighted by Crippen LogP contribution is -2.53. The molecule has 3 amide bonds. The van der Waals surface area contributed by atoms with Crippen LogP contribution in [0.3, 0.4) is 0 Å². The summed E-state index contributed by atoms with van der Waals surface area (Å²) in [6, 6.07) is 11.5. The summed E-state index contributed by atoms with van der Waals surface area (Å²) in [5.41, 5.74) is 5.84. The first kappa shape index (κ1) is 22.9. The van der Waals surface area contributed by atoms with Crippen molar-refractivity contribution in [2.75, 3.05) is 6.61 Å². The van der Waals surface area contributed by atoms with Crippen molar-refractivity contribution in [1.29, 1.82) is 0 Å². The molecule has 0 aromatic heterocycles. The molecule has 0 aliphatic rings. The standard InChI is InChI=1S/C22H26FN3O4/c1-14(2)12-19(24-21(28)18-7-5-4-6-15(18)3)22(29)26-25-20(27)13-30-17-10-8-16(23)9-11-17/h4-11,14,19H,12-13H2,1-3H3,(H,24,28)(H,25,27)(H,26,29)/t19-/m1/s1. The minimum absolute atomic E-state index is 0.135. The number of rotatable bonds is 8. The molecule has 0 fully saturated rings. The van der Waals surface area contributed by atoms with Gasteiger partial charge in [-0.25, -0.2) is 4.39 Å². The number of halogens is 1. The molecule has 30 heavy (non-hydrogen) atoms. The van der Waals surface area contributed by atoms with E-state index in [4.69, 9.17) is 4.74 Å². The largest absolute Gasteiger partial charge is 0.484 e. The first-order valence-corrected chi connectivity index (χ1v) is 9.59. The normalized spacial score (nSPS) is 11.5. The van der Waals surface area contributed by atoms with Crippen LogP contribution in [0, 0.1) is 18.7 Å². The number of ether oxygens (including phenoxy) is 1. The van der Waals surface area contributed by atoms with E-state index in [2.05, 4.69) is 16.2 Å². The summed E-state index contributed by atoms with van der Waals surface area (Å²) in [7, 11) is 0. The van der Waals surface area contributed by atoms with Crippen LogP contribution in [0.1, 0.15) is 36.2 Å². The molecule has 1 atom stereocenters. The summed E-state index contributed by atoms with van der Waals surface area (Å²) >= 11 is 0. The summed E-state index contributed by atoms with van der Waals surface area (Å²) in [5.74, 6) is -1.46. The fourth-order valence-electron chi connectivity index (χ4n) is 2.70. The van der Waals surface area contributed by atoms with Gasteiger partial charge in [-0.15, -0.1) is 0 Å². The molecule has 2 aromatic carbocycles. The topological polar surface area (TPSA) is 96.5 Å². The van der Waals surface area contributed by atoms with Crippen molar-refractivity contribution in [3.05, 3.63) is 65.5 Å². The van der Waals surface area contributed by atoms with Crippen molar-refractivity contribution in [3.8, 4) is 5.75 Å². The van der Waals surface area contributed by atoms with Gasteiger partial charge in [0.2, 0.25) is 0 Å². The Bertz CT molecular complexity index is 884. The first-order valence-electron chi connectivity index (χ1n) is 9.59.